The van der Waals surface area contributed by atoms with Crippen LogP contribution < -0.4 is 5.32 Å². The first kappa shape index (κ1) is 9.27. The Morgan fingerprint density at radius 3 is 2.60 bits per heavy atom. The number of hydrogen-bond donors (Lipinski definition) is 1. The van der Waals surface area contributed by atoms with Gasteiger partial charge in [0.05, 0.1) is 6.61 Å². The van der Waals surface area contributed by atoms with Crippen LogP contribution in [0.3, 0.4) is 0 Å². The van der Waals surface area contributed by atoms with E-state index in [1.54, 1.807) is 7.05 Å². The molecule has 60 valence electrons. The summed E-state index contributed by atoms with van der Waals surface area (Å²) in [6.07, 6.45) is 0.577. The normalized spacial score (nSPS) is 9.60. The van der Waals surface area contributed by atoms with Crippen LogP contribution in [0.25, 0.3) is 0 Å². The Balaban J connectivity index is 3.12. The molecule has 3 heteroatoms. The summed E-state index contributed by atoms with van der Waals surface area (Å²) in [4.78, 5) is 10.5. The predicted molar refractivity (Wildman–Crippen MR) is 39.9 cm³/mol. The highest BCUT2D eigenvalue weighted by Crippen LogP contribution is 1.98. The number of carbonyl (C=O) groups excluding carboxylic acids is 1. The van der Waals surface area contributed by atoms with Gasteiger partial charge in [-0.2, -0.15) is 0 Å². The molecule has 0 aromatic rings. The van der Waals surface area contributed by atoms with Crippen molar-refractivity contribution in [3.05, 3.63) is 0 Å². The molecule has 0 aromatic heterocycles. The van der Waals surface area contributed by atoms with E-state index >= 15 is 0 Å². The molecule has 0 bridgehead atoms. The zero-order chi connectivity index (χ0) is 7.98. The Kier molecular flexibility index (Phi) is 4.72. The standard InChI is InChI=1S/C7H15NO2/c1-6(2)4-5-10-7(9)8-3/h6H,4-5H2,1-3H3,(H,8,9). The van der Waals surface area contributed by atoms with Crippen molar-refractivity contribution in [1.29, 1.82) is 0 Å². The quantitative estimate of drug-likeness (QED) is 0.651. The lowest BCUT2D eigenvalue weighted by atomic mass is 10.1. The third-order valence-electron chi connectivity index (χ3n) is 1.13. The minimum atomic E-state index is -0.347. The van der Waals surface area contributed by atoms with E-state index in [0.29, 0.717) is 12.5 Å². The van der Waals surface area contributed by atoms with Crippen LogP contribution in [0.15, 0.2) is 0 Å². The largest absolute Gasteiger partial charge is 0.450 e. The Morgan fingerprint density at radius 2 is 2.20 bits per heavy atom. The van der Waals surface area contributed by atoms with Gasteiger partial charge in [-0.25, -0.2) is 4.79 Å². The average Bonchev–Trinajstić information content (AvgIpc) is 1.87. The topological polar surface area (TPSA) is 38.3 Å². The molecule has 0 heterocycles. The van der Waals surface area contributed by atoms with Crippen molar-refractivity contribution in [1.82, 2.24) is 5.32 Å². The molecule has 10 heavy (non-hydrogen) atoms. The van der Waals surface area contributed by atoms with Crippen molar-refractivity contribution in [2.75, 3.05) is 13.7 Å². The molecule has 0 saturated carbocycles. The molecule has 0 unspecified atom stereocenters. The highest BCUT2D eigenvalue weighted by atomic mass is 16.5. The Morgan fingerprint density at radius 1 is 1.60 bits per heavy atom. The molecule has 0 aliphatic heterocycles. The molecule has 1 amide bonds. The Bertz CT molecular complexity index is 102. The van der Waals surface area contributed by atoms with Crippen molar-refractivity contribution in [3.63, 3.8) is 0 Å². The molecular weight excluding hydrogens is 130 g/mol. The zero-order valence-electron chi connectivity index (χ0n) is 6.81. The Labute approximate surface area is 61.8 Å². The minimum absolute atomic E-state index is 0.347. The van der Waals surface area contributed by atoms with Crippen LogP contribution in [0.1, 0.15) is 20.3 Å². The van der Waals surface area contributed by atoms with Crippen molar-refractivity contribution >= 4 is 6.09 Å². The molecule has 0 aliphatic carbocycles. The highest BCUT2D eigenvalue weighted by molar-refractivity contribution is 5.66. The van der Waals surface area contributed by atoms with Gasteiger partial charge in [0.2, 0.25) is 0 Å². The van der Waals surface area contributed by atoms with E-state index in [1.807, 2.05) is 0 Å². The average molecular weight is 145 g/mol. The second-order valence-electron chi connectivity index (χ2n) is 2.57. The van der Waals surface area contributed by atoms with Crippen molar-refractivity contribution in [2.45, 2.75) is 20.3 Å². The molecule has 0 radical (unpaired) electrons. The predicted octanol–water partition coefficient (Wildman–Crippen LogP) is 1.39. The fraction of sp³-hybridized carbons (Fsp3) is 0.857. The lowest BCUT2D eigenvalue weighted by Crippen LogP contribution is -2.20. The summed E-state index contributed by atoms with van der Waals surface area (Å²) in [6, 6.07) is 0. The van der Waals surface area contributed by atoms with E-state index in [0.717, 1.165) is 6.42 Å². The van der Waals surface area contributed by atoms with Crippen LogP contribution in [-0.4, -0.2) is 19.7 Å². The van der Waals surface area contributed by atoms with Crippen LogP contribution >= 0.6 is 0 Å². The molecule has 0 spiro atoms. The van der Waals surface area contributed by atoms with Gasteiger partial charge in [-0.15, -0.1) is 0 Å². The maximum Gasteiger partial charge on any atom is 0.406 e. The van der Waals surface area contributed by atoms with Crippen LogP contribution in [-0.2, 0) is 4.74 Å². The summed E-state index contributed by atoms with van der Waals surface area (Å²) in [7, 11) is 1.55. The van der Waals surface area contributed by atoms with E-state index in [4.69, 9.17) is 4.74 Å². The van der Waals surface area contributed by atoms with Gasteiger partial charge >= 0.3 is 6.09 Å². The maximum absolute atomic E-state index is 10.5. The molecule has 0 aliphatic rings. The fourth-order valence-corrected chi connectivity index (χ4v) is 0.459. The molecule has 1 N–H and O–H groups in total. The first-order valence-electron chi connectivity index (χ1n) is 3.51. The van der Waals surface area contributed by atoms with E-state index in [-0.39, 0.29) is 6.09 Å². The number of amides is 1. The smallest absolute Gasteiger partial charge is 0.406 e. The van der Waals surface area contributed by atoms with Gasteiger partial charge in [0.15, 0.2) is 0 Å². The Hall–Kier alpha value is -0.730. The van der Waals surface area contributed by atoms with Gasteiger partial charge in [-0.3, -0.25) is 0 Å². The van der Waals surface area contributed by atoms with Crippen LogP contribution in [0, 0.1) is 5.92 Å². The SMILES string of the molecule is CNC(=O)OCCC(C)C. The summed E-state index contributed by atoms with van der Waals surface area (Å²) in [5.74, 6) is 0.588. The van der Waals surface area contributed by atoms with Gasteiger partial charge < -0.3 is 10.1 Å². The highest BCUT2D eigenvalue weighted by Gasteiger charge is 1.97. The fourth-order valence-electron chi connectivity index (χ4n) is 0.459. The van der Waals surface area contributed by atoms with Gasteiger partial charge in [0.25, 0.3) is 0 Å². The number of rotatable bonds is 3. The maximum atomic E-state index is 10.5. The first-order valence-corrected chi connectivity index (χ1v) is 3.51. The van der Waals surface area contributed by atoms with Crippen molar-refractivity contribution in [3.8, 4) is 0 Å². The monoisotopic (exact) mass is 145 g/mol. The lowest BCUT2D eigenvalue weighted by Gasteiger charge is -2.04. The van der Waals surface area contributed by atoms with E-state index in [9.17, 15) is 4.79 Å². The van der Waals surface area contributed by atoms with E-state index < -0.39 is 0 Å². The van der Waals surface area contributed by atoms with Crippen molar-refractivity contribution in [2.24, 2.45) is 5.92 Å². The van der Waals surface area contributed by atoms with Gasteiger partial charge in [-0.1, -0.05) is 13.8 Å². The molecule has 0 fully saturated rings. The number of nitrogens with one attached hydrogen (secondary N) is 1. The molecule has 3 nitrogen and oxygen atoms in total. The number of hydrogen-bond acceptors (Lipinski definition) is 2. The van der Waals surface area contributed by atoms with E-state index in [2.05, 4.69) is 19.2 Å². The summed E-state index contributed by atoms with van der Waals surface area (Å²) in [6.45, 7) is 4.69. The second kappa shape index (κ2) is 5.09. The molecule has 0 aromatic carbocycles. The molecular formula is C7H15NO2. The van der Waals surface area contributed by atoms with Crippen molar-refractivity contribution < 1.29 is 9.53 Å². The van der Waals surface area contributed by atoms with Gasteiger partial charge in [0, 0.05) is 7.05 Å². The van der Waals surface area contributed by atoms with Gasteiger partial charge in [-0.05, 0) is 12.3 Å². The van der Waals surface area contributed by atoms with E-state index in [1.165, 1.54) is 0 Å². The minimum Gasteiger partial charge on any atom is -0.450 e. The van der Waals surface area contributed by atoms with Gasteiger partial charge in [0.1, 0.15) is 0 Å². The molecule has 0 atom stereocenters. The zero-order valence-corrected chi connectivity index (χ0v) is 6.81. The summed E-state index contributed by atoms with van der Waals surface area (Å²) in [5, 5.41) is 2.38. The third kappa shape index (κ3) is 5.41. The van der Waals surface area contributed by atoms with Crippen LogP contribution in [0.4, 0.5) is 4.79 Å². The summed E-state index contributed by atoms with van der Waals surface area (Å²) in [5.41, 5.74) is 0. The molecule has 0 saturated heterocycles. The first-order chi connectivity index (χ1) is 4.66. The number of alkyl carbamates (subject to hydrolysis) is 1. The van der Waals surface area contributed by atoms with Crippen LogP contribution in [0.2, 0.25) is 0 Å². The third-order valence-corrected chi connectivity index (χ3v) is 1.13. The summed E-state index contributed by atoms with van der Waals surface area (Å²) >= 11 is 0. The van der Waals surface area contributed by atoms with Crippen LogP contribution in [0.5, 0.6) is 0 Å². The lowest BCUT2D eigenvalue weighted by molar-refractivity contribution is 0.143. The number of carbonyl (C=O) groups is 1. The second-order valence-corrected chi connectivity index (χ2v) is 2.57. The summed E-state index contributed by atoms with van der Waals surface area (Å²) < 4.78 is 4.75. The number of ether oxygens (including phenoxy) is 1. The molecule has 0 rings (SSSR count).